The van der Waals surface area contributed by atoms with E-state index in [-0.39, 0.29) is 6.61 Å². The Balaban J connectivity index is 2.13. The number of aryl methyl sites for hydroxylation is 1. The van der Waals surface area contributed by atoms with Gasteiger partial charge in [0.15, 0.2) is 0 Å². The Bertz CT molecular complexity index is 403. The molecule has 2 rings (SSSR count). The Kier molecular flexibility index (Phi) is 3.31. The van der Waals surface area contributed by atoms with Crippen molar-refractivity contribution in [3.63, 3.8) is 0 Å². The number of hydrogen-bond acceptors (Lipinski definition) is 4. The maximum absolute atomic E-state index is 13.1. The number of pyridine rings is 1. The van der Waals surface area contributed by atoms with Gasteiger partial charge in [-0.05, 0) is 31.4 Å². The van der Waals surface area contributed by atoms with Gasteiger partial charge in [-0.15, -0.1) is 0 Å². The minimum Gasteiger partial charge on any atom is -0.393 e. The average Bonchev–Trinajstić information content (AvgIpc) is 2.34. The highest BCUT2D eigenvalue weighted by Crippen LogP contribution is 2.26. The summed E-state index contributed by atoms with van der Waals surface area (Å²) in [5.41, 5.74) is -0.0709. The van der Waals surface area contributed by atoms with E-state index in [4.69, 9.17) is 5.11 Å². The second kappa shape index (κ2) is 4.58. The van der Waals surface area contributed by atoms with E-state index in [1.54, 1.807) is 6.07 Å². The number of aliphatic hydroxyl groups is 2. The van der Waals surface area contributed by atoms with Crippen LogP contribution >= 0.6 is 0 Å². The molecule has 0 unspecified atom stereocenters. The molecule has 1 aliphatic rings. The van der Waals surface area contributed by atoms with Crippen molar-refractivity contribution >= 4 is 5.82 Å². The molecule has 1 saturated heterocycles. The standard InChI is InChI=1S/C12H17FN2O2/c1-9-2-3-10(13)14-11(9)15-6-4-12(17,8-16)5-7-15/h2-3,16-17H,4-8H2,1H3. The van der Waals surface area contributed by atoms with Crippen molar-refractivity contribution in [2.75, 3.05) is 24.6 Å². The fourth-order valence-electron chi connectivity index (χ4n) is 2.11. The molecule has 0 saturated carbocycles. The van der Waals surface area contributed by atoms with E-state index in [0.29, 0.717) is 31.7 Å². The summed E-state index contributed by atoms with van der Waals surface area (Å²) in [5.74, 6) is 0.138. The van der Waals surface area contributed by atoms with Gasteiger partial charge in [0.25, 0.3) is 0 Å². The van der Waals surface area contributed by atoms with Gasteiger partial charge in [0.2, 0.25) is 5.95 Å². The van der Waals surface area contributed by atoms with Crippen LogP contribution in [0, 0.1) is 12.9 Å². The first-order chi connectivity index (χ1) is 8.04. The number of aliphatic hydroxyl groups excluding tert-OH is 1. The molecular formula is C12H17FN2O2. The third-order valence-electron chi connectivity index (χ3n) is 3.32. The van der Waals surface area contributed by atoms with Gasteiger partial charge in [0.05, 0.1) is 12.2 Å². The second-order valence-corrected chi connectivity index (χ2v) is 4.64. The topological polar surface area (TPSA) is 56.6 Å². The van der Waals surface area contributed by atoms with Gasteiger partial charge >= 0.3 is 0 Å². The molecule has 1 aromatic heterocycles. The lowest BCUT2D eigenvalue weighted by atomic mass is 9.92. The van der Waals surface area contributed by atoms with Crippen molar-refractivity contribution in [2.45, 2.75) is 25.4 Å². The molecule has 0 radical (unpaired) electrons. The molecule has 0 aromatic carbocycles. The largest absolute Gasteiger partial charge is 0.393 e. The molecular weight excluding hydrogens is 223 g/mol. The lowest BCUT2D eigenvalue weighted by Crippen LogP contribution is -2.47. The van der Waals surface area contributed by atoms with Crippen molar-refractivity contribution in [1.82, 2.24) is 4.98 Å². The summed E-state index contributed by atoms with van der Waals surface area (Å²) >= 11 is 0. The minimum atomic E-state index is -0.988. The molecule has 0 bridgehead atoms. The zero-order chi connectivity index (χ0) is 12.5. The van der Waals surface area contributed by atoms with Gasteiger partial charge in [-0.3, -0.25) is 0 Å². The van der Waals surface area contributed by atoms with E-state index in [1.807, 2.05) is 11.8 Å². The first-order valence-corrected chi connectivity index (χ1v) is 5.75. The molecule has 4 nitrogen and oxygen atoms in total. The quantitative estimate of drug-likeness (QED) is 0.753. The van der Waals surface area contributed by atoms with Crippen LogP contribution in [-0.2, 0) is 0 Å². The second-order valence-electron chi connectivity index (χ2n) is 4.64. The summed E-state index contributed by atoms with van der Waals surface area (Å²) in [4.78, 5) is 5.83. The first kappa shape index (κ1) is 12.3. The number of aromatic nitrogens is 1. The van der Waals surface area contributed by atoms with Crippen molar-refractivity contribution in [1.29, 1.82) is 0 Å². The highest BCUT2D eigenvalue weighted by atomic mass is 19.1. The molecule has 0 spiro atoms. The number of nitrogens with zero attached hydrogens (tertiary/aromatic N) is 2. The lowest BCUT2D eigenvalue weighted by molar-refractivity contribution is -0.0326. The molecule has 1 aliphatic heterocycles. The summed E-state index contributed by atoms with van der Waals surface area (Å²) in [7, 11) is 0. The molecule has 5 heteroatoms. The molecule has 0 aliphatic carbocycles. The molecule has 1 fully saturated rings. The molecule has 1 aromatic rings. The number of halogens is 1. The highest BCUT2D eigenvalue weighted by Gasteiger charge is 2.32. The minimum absolute atomic E-state index is 0.226. The zero-order valence-corrected chi connectivity index (χ0v) is 9.86. The van der Waals surface area contributed by atoms with Crippen LogP contribution in [0.3, 0.4) is 0 Å². The van der Waals surface area contributed by atoms with E-state index in [1.165, 1.54) is 6.07 Å². The van der Waals surface area contributed by atoms with E-state index in [0.717, 1.165) is 5.56 Å². The van der Waals surface area contributed by atoms with Crippen LogP contribution in [0.4, 0.5) is 10.2 Å². The Hall–Kier alpha value is -1.20. The summed E-state index contributed by atoms with van der Waals surface area (Å²) in [6.45, 7) is 2.81. The van der Waals surface area contributed by atoms with Gasteiger partial charge in [-0.2, -0.15) is 4.39 Å². The normalized spacial score (nSPS) is 19.4. The highest BCUT2D eigenvalue weighted by molar-refractivity contribution is 5.46. The zero-order valence-electron chi connectivity index (χ0n) is 9.86. The number of rotatable bonds is 2. The maximum Gasteiger partial charge on any atom is 0.214 e. The molecule has 17 heavy (non-hydrogen) atoms. The van der Waals surface area contributed by atoms with Gasteiger partial charge in [-0.25, -0.2) is 4.98 Å². The molecule has 0 atom stereocenters. The van der Waals surface area contributed by atoms with E-state index < -0.39 is 11.5 Å². The van der Waals surface area contributed by atoms with Crippen molar-refractivity contribution in [2.24, 2.45) is 0 Å². The molecule has 2 heterocycles. The van der Waals surface area contributed by atoms with E-state index in [9.17, 15) is 9.50 Å². The van der Waals surface area contributed by atoms with Gasteiger partial charge in [0, 0.05) is 13.1 Å². The summed E-state index contributed by atoms with van der Waals surface area (Å²) in [5, 5.41) is 19.0. The van der Waals surface area contributed by atoms with Crippen LogP contribution in [0.1, 0.15) is 18.4 Å². The first-order valence-electron chi connectivity index (χ1n) is 5.75. The van der Waals surface area contributed by atoms with Gasteiger partial charge < -0.3 is 15.1 Å². The van der Waals surface area contributed by atoms with Crippen molar-refractivity contribution in [3.8, 4) is 0 Å². The number of piperidine rings is 1. The Labute approximate surface area is 99.7 Å². The molecule has 94 valence electrons. The van der Waals surface area contributed by atoms with E-state index in [2.05, 4.69) is 4.98 Å². The maximum atomic E-state index is 13.1. The fraction of sp³-hybridized carbons (Fsp3) is 0.583. The number of anilines is 1. The van der Waals surface area contributed by atoms with Gasteiger partial charge in [0.1, 0.15) is 5.82 Å². The third-order valence-corrected chi connectivity index (χ3v) is 3.32. The number of hydrogen-bond donors (Lipinski definition) is 2. The monoisotopic (exact) mass is 240 g/mol. The van der Waals surface area contributed by atoms with Crippen LogP contribution in [0.2, 0.25) is 0 Å². The van der Waals surface area contributed by atoms with Crippen LogP contribution < -0.4 is 4.90 Å². The molecule has 0 amide bonds. The predicted molar refractivity (Wildman–Crippen MR) is 62.4 cm³/mol. The smallest absolute Gasteiger partial charge is 0.214 e. The van der Waals surface area contributed by atoms with E-state index >= 15 is 0 Å². The Morgan fingerprint density at radius 1 is 1.41 bits per heavy atom. The van der Waals surface area contributed by atoms with Crippen LogP contribution in [0.5, 0.6) is 0 Å². The van der Waals surface area contributed by atoms with Crippen LogP contribution in [0.15, 0.2) is 12.1 Å². The van der Waals surface area contributed by atoms with Crippen LogP contribution in [-0.4, -0.2) is 40.5 Å². The summed E-state index contributed by atoms with van der Waals surface area (Å²) in [6, 6.07) is 3.04. The summed E-state index contributed by atoms with van der Waals surface area (Å²) < 4.78 is 13.1. The Morgan fingerprint density at radius 2 is 2.06 bits per heavy atom. The molecule has 2 N–H and O–H groups in total. The van der Waals surface area contributed by atoms with Crippen molar-refractivity contribution < 1.29 is 14.6 Å². The summed E-state index contributed by atoms with van der Waals surface area (Å²) in [6.07, 6.45) is 0.947. The predicted octanol–water partition coefficient (Wildman–Crippen LogP) is 0.853. The fourth-order valence-corrected chi connectivity index (χ4v) is 2.11. The third kappa shape index (κ3) is 2.56. The lowest BCUT2D eigenvalue weighted by Gasteiger charge is -2.38. The van der Waals surface area contributed by atoms with Crippen molar-refractivity contribution in [3.05, 3.63) is 23.6 Å². The van der Waals surface area contributed by atoms with Crippen LogP contribution in [0.25, 0.3) is 0 Å². The average molecular weight is 240 g/mol. The SMILES string of the molecule is Cc1ccc(F)nc1N1CCC(O)(CO)CC1. The van der Waals surface area contributed by atoms with Gasteiger partial charge in [-0.1, -0.05) is 6.07 Å². The Morgan fingerprint density at radius 3 is 2.65 bits per heavy atom.